The van der Waals surface area contributed by atoms with Crippen LogP contribution in [0.4, 0.5) is 0 Å². The molecular formula is C18H20Cl2O6. The molecule has 0 fully saturated rings. The van der Waals surface area contributed by atoms with Gasteiger partial charge in [-0.1, -0.05) is 26.7 Å². The van der Waals surface area contributed by atoms with E-state index in [0.29, 0.717) is 12.8 Å². The molecule has 0 aliphatic rings. The second kappa shape index (κ2) is 10.9. The molecular weight excluding hydrogens is 383 g/mol. The van der Waals surface area contributed by atoms with Crippen LogP contribution < -0.4 is 0 Å². The maximum Gasteiger partial charge on any atom is 0.338 e. The first-order valence-electron chi connectivity index (χ1n) is 8.25. The molecule has 0 atom stereocenters. The topological polar surface area (TPSA) is 86.7 Å². The van der Waals surface area contributed by atoms with E-state index in [9.17, 15) is 19.2 Å². The zero-order chi connectivity index (χ0) is 19.7. The molecule has 8 heteroatoms. The van der Waals surface area contributed by atoms with Crippen LogP contribution in [0.1, 0.15) is 81.0 Å². The summed E-state index contributed by atoms with van der Waals surface area (Å²) in [5.41, 5.74) is -0.958. The molecule has 0 saturated heterocycles. The van der Waals surface area contributed by atoms with Crippen LogP contribution in [0, 0.1) is 0 Å². The fraction of sp³-hybridized carbons (Fsp3) is 0.444. The van der Waals surface area contributed by atoms with Gasteiger partial charge in [-0.15, -0.1) is 0 Å². The molecule has 0 amide bonds. The Bertz CT molecular complexity index is 639. The summed E-state index contributed by atoms with van der Waals surface area (Å²) in [6.45, 7) is 4.14. The third kappa shape index (κ3) is 6.11. The maximum absolute atomic E-state index is 12.2. The summed E-state index contributed by atoms with van der Waals surface area (Å²) < 4.78 is 10.1. The van der Waals surface area contributed by atoms with Crippen LogP contribution in [0.5, 0.6) is 0 Å². The normalized spacial score (nSPS) is 10.3. The minimum atomic E-state index is -0.969. The fourth-order valence-corrected chi connectivity index (χ4v) is 2.35. The van der Waals surface area contributed by atoms with Crippen molar-refractivity contribution in [2.24, 2.45) is 0 Å². The van der Waals surface area contributed by atoms with Crippen LogP contribution >= 0.6 is 23.2 Å². The molecule has 0 unspecified atom stereocenters. The predicted molar refractivity (Wildman–Crippen MR) is 97.2 cm³/mol. The highest BCUT2D eigenvalue weighted by atomic mass is 35.5. The summed E-state index contributed by atoms with van der Waals surface area (Å²) in [5.74, 6) is -1.65. The van der Waals surface area contributed by atoms with E-state index in [4.69, 9.17) is 32.7 Å². The number of esters is 2. The molecule has 6 nitrogen and oxygen atoms in total. The standard InChI is InChI=1S/C18H20Cl2O6/c1-3-5-7-25-17(23)13-9-12(16(20)22)14(10-11(13)15(19)21)18(24)26-8-6-4-2/h9-10H,3-8H2,1-2H3. The highest BCUT2D eigenvalue weighted by Gasteiger charge is 2.26. The Morgan fingerprint density at radius 2 is 1.08 bits per heavy atom. The average Bonchev–Trinajstić information content (AvgIpc) is 2.60. The van der Waals surface area contributed by atoms with Crippen molar-refractivity contribution in [1.82, 2.24) is 0 Å². The number of unbranched alkanes of at least 4 members (excludes halogenated alkanes) is 2. The Labute approximate surface area is 161 Å². The van der Waals surface area contributed by atoms with Gasteiger partial charge in [-0.05, 0) is 48.2 Å². The highest BCUT2D eigenvalue weighted by molar-refractivity contribution is 6.69. The van der Waals surface area contributed by atoms with E-state index in [2.05, 4.69) is 0 Å². The van der Waals surface area contributed by atoms with Crippen molar-refractivity contribution < 1.29 is 28.7 Å². The van der Waals surface area contributed by atoms with Gasteiger partial charge < -0.3 is 9.47 Å². The number of hydrogen-bond donors (Lipinski definition) is 0. The lowest BCUT2D eigenvalue weighted by molar-refractivity contribution is 0.0482. The van der Waals surface area contributed by atoms with Crippen molar-refractivity contribution in [3.63, 3.8) is 0 Å². The van der Waals surface area contributed by atoms with E-state index in [1.165, 1.54) is 0 Å². The van der Waals surface area contributed by atoms with Gasteiger partial charge in [0.1, 0.15) is 0 Å². The zero-order valence-electron chi connectivity index (χ0n) is 14.6. The van der Waals surface area contributed by atoms with Crippen LogP contribution in [0.2, 0.25) is 0 Å². The van der Waals surface area contributed by atoms with Gasteiger partial charge >= 0.3 is 11.9 Å². The number of hydrogen-bond acceptors (Lipinski definition) is 6. The molecule has 1 aromatic carbocycles. The summed E-state index contributed by atoms with van der Waals surface area (Å²) in [5, 5.41) is -1.94. The number of halogens is 2. The van der Waals surface area contributed by atoms with Gasteiger partial charge in [0, 0.05) is 11.1 Å². The molecule has 0 radical (unpaired) electrons. The molecule has 0 spiro atoms. The molecule has 0 saturated carbocycles. The van der Waals surface area contributed by atoms with E-state index >= 15 is 0 Å². The Kier molecular flexibility index (Phi) is 9.30. The summed E-state index contributed by atoms with van der Waals surface area (Å²) in [4.78, 5) is 47.8. The van der Waals surface area contributed by atoms with E-state index in [1.54, 1.807) is 0 Å². The molecule has 0 heterocycles. The SMILES string of the molecule is CCCCOC(=O)c1cc(C(=O)Cl)c(C(=O)OCCCC)cc1C(=O)Cl. The van der Waals surface area contributed by atoms with Crippen LogP contribution in [0.15, 0.2) is 12.1 Å². The largest absolute Gasteiger partial charge is 0.462 e. The molecule has 26 heavy (non-hydrogen) atoms. The molecule has 0 aromatic heterocycles. The highest BCUT2D eigenvalue weighted by Crippen LogP contribution is 2.23. The Morgan fingerprint density at radius 3 is 1.35 bits per heavy atom. The first-order chi connectivity index (χ1) is 12.3. The van der Waals surface area contributed by atoms with Gasteiger partial charge in [0.2, 0.25) is 0 Å². The first-order valence-corrected chi connectivity index (χ1v) is 9.00. The number of carbonyl (C=O) groups is 4. The van der Waals surface area contributed by atoms with Crippen LogP contribution in [0.25, 0.3) is 0 Å². The summed E-state index contributed by atoms with van der Waals surface area (Å²) in [7, 11) is 0. The maximum atomic E-state index is 12.2. The third-order valence-electron chi connectivity index (χ3n) is 3.48. The number of benzene rings is 1. The first kappa shape index (κ1) is 22.1. The lowest BCUT2D eigenvalue weighted by atomic mass is 9.99. The predicted octanol–water partition coefficient (Wildman–Crippen LogP) is 4.36. The van der Waals surface area contributed by atoms with Crippen LogP contribution in [-0.2, 0) is 9.47 Å². The van der Waals surface area contributed by atoms with Crippen LogP contribution in [0.3, 0.4) is 0 Å². The lowest BCUT2D eigenvalue weighted by Crippen LogP contribution is -2.17. The monoisotopic (exact) mass is 402 g/mol. The van der Waals surface area contributed by atoms with E-state index in [1.807, 2.05) is 13.8 Å². The lowest BCUT2D eigenvalue weighted by Gasteiger charge is -2.12. The fourth-order valence-electron chi connectivity index (χ4n) is 2.04. The summed E-state index contributed by atoms with van der Waals surface area (Å²) >= 11 is 11.1. The van der Waals surface area contributed by atoms with Gasteiger partial charge in [0.05, 0.1) is 24.3 Å². The smallest absolute Gasteiger partial charge is 0.338 e. The van der Waals surface area contributed by atoms with Gasteiger partial charge in [-0.25, -0.2) is 9.59 Å². The van der Waals surface area contributed by atoms with E-state index in [0.717, 1.165) is 25.0 Å². The molecule has 0 N–H and O–H groups in total. The second-order valence-corrected chi connectivity index (χ2v) is 6.16. The quantitative estimate of drug-likeness (QED) is 0.328. The van der Waals surface area contributed by atoms with Crippen molar-refractivity contribution in [1.29, 1.82) is 0 Å². The minimum Gasteiger partial charge on any atom is -0.462 e. The zero-order valence-corrected chi connectivity index (χ0v) is 16.1. The number of ether oxygens (including phenoxy) is 2. The van der Waals surface area contributed by atoms with Gasteiger partial charge in [-0.2, -0.15) is 0 Å². The average molecular weight is 403 g/mol. The van der Waals surface area contributed by atoms with E-state index < -0.39 is 22.4 Å². The van der Waals surface area contributed by atoms with Gasteiger partial charge in [-0.3, -0.25) is 9.59 Å². The van der Waals surface area contributed by atoms with Gasteiger partial charge in [0.15, 0.2) is 0 Å². The third-order valence-corrected chi connectivity index (χ3v) is 3.89. The Morgan fingerprint density at radius 1 is 0.731 bits per heavy atom. The molecule has 142 valence electrons. The summed E-state index contributed by atoms with van der Waals surface area (Å²) in [6, 6.07) is 2.07. The second-order valence-electron chi connectivity index (χ2n) is 5.47. The van der Waals surface area contributed by atoms with Gasteiger partial charge in [0.25, 0.3) is 10.5 Å². The van der Waals surface area contributed by atoms with E-state index in [-0.39, 0.29) is 35.5 Å². The summed E-state index contributed by atoms with van der Waals surface area (Å²) in [6.07, 6.45) is 2.89. The molecule has 0 aliphatic carbocycles. The molecule has 1 rings (SSSR count). The number of carbonyl (C=O) groups excluding carboxylic acids is 4. The molecule has 0 aliphatic heterocycles. The van der Waals surface area contributed by atoms with Crippen molar-refractivity contribution in [3.05, 3.63) is 34.4 Å². The molecule has 1 aromatic rings. The van der Waals surface area contributed by atoms with Crippen molar-refractivity contribution in [2.45, 2.75) is 39.5 Å². The van der Waals surface area contributed by atoms with Crippen molar-refractivity contribution in [3.8, 4) is 0 Å². The van der Waals surface area contributed by atoms with Crippen molar-refractivity contribution in [2.75, 3.05) is 13.2 Å². The number of rotatable bonds is 10. The minimum absolute atomic E-state index is 0.149. The Balaban J connectivity index is 3.30. The van der Waals surface area contributed by atoms with Crippen LogP contribution in [-0.4, -0.2) is 35.6 Å². The Hall–Kier alpha value is -1.92. The van der Waals surface area contributed by atoms with Crippen molar-refractivity contribution >= 4 is 45.6 Å². The molecule has 0 bridgehead atoms.